The summed E-state index contributed by atoms with van der Waals surface area (Å²) in [5, 5.41) is 0. The van der Waals surface area contributed by atoms with Crippen molar-refractivity contribution in [1.29, 1.82) is 0 Å². The highest BCUT2D eigenvalue weighted by Crippen LogP contribution is 2.45. The molecule has 12 rings (SSSR count). The number of benzene rings is 9. The molecule has 0 amide bonds. The lowest BCUT2D eigenvalue weighted by Gasteiger charge is -2.47. The SMILES string of the molecule is CO[C@H]1O[C@H](CO[C@H]2O[C@H](COC(=O)OCC3c4ccccc4-c4ccccc43)[C@@H](OCc3ccccc3)[C@H](OC(=O)c3ccccc3)[C@H]2O[C@H](CSc2ccccc2)c2ccccc2)[C@@H](OC(=O)c2ccccc2)[C@H](OC(=O)c2ccccc2)[C@H]1OC(=O)c1ccccc1. The predicted octanol–water partition coefficient (Wildman–Crippen LogP) is 13.5. The van der Waals surface area contributed by atoms with Crippen LogP contribution in [0, 0.1) is 0 Å². The number of hydrogen-bond acceptors (Lipinski definition) is 18. The molecule has 95 heavy (non-hydrogen) atoms. The number of hydrogen-bond donors (Lipinski definition) is 0. The van der Waals surface area contributed by atoms with Crippen LogP contribution in [-0.2, 0) is 63.4 Å². The van der Waals surface area contributed by atoms with Crippen molar-refractivity contribution in [3.8, 4) is 11.1 Å². The van der Waals surface area contributed by atoms with E-state index in [9.17, 15) is 24.0 Å². The highest BCUT2D eigenvalue weighted by molar-refractivity contribution is 7.99. The quantitative estimate of drug-likeness (QED) is 0.0297. The Morgan fingerprint density at radius 2 is 0.811 bits per heavy atom. The van der Waals surface area contributed by atoms with E-state index < -0.39 is 111 Å². The van der Waals surface area contributed by atoms with E-state index in [0.29, 0.717) is 5.75 Å². The molecule has 1 aliphatic carbocycles. The van der Waals surface area contributed by atoms with Crippen molar-refractivity contribution >= 4 is 41.8 Å². The van der Waals surface area contributed by atoms with Gasteiger partial charge >= 0.3 is 30.0 Å². The maximum atomic E-state index is 14.9. The molecule has 2 aliphatic heterocycles. The van der Waals surface area contributed by atoms with Gasteiger partial charge in [0.2, 0.25) is 0 Å². The number of ether oxygens (including phenoxy) is 12. The Hall–Kier alpha value is -9.76. The van der Waals surface area contributed by atoms with Gasteiger partial charge in [0, 0.05) is 23.7 Å². The molecule has 484 valence electrons. The number of carbonyl (C=O) groups excluding carboxylic acids is 5. The van der Waals surface area contributed by atoms with E-state index in [1.54, 1.807) is 121 Å². The van der Waals surface area contributed by atoms with Gasteiger partial charge in [0.05, 0.1) is 41.6 Å². The second-order valence-corrected chi connectivity index (χ2v) is 23.7. The molecule has 0 unspecified atom stereocenters. The Kier molecular flexibility index (Phi) is 21.9. The molecule has 0 aromatic heterocycles. The largest absolute Gasteiger partial charge is 0.508 e. The molecule has 0 spiro atoms. The van der Waals surface area contributed by atoms with E-state index in [0.717, 1.165) is 38.3 Å². The maximum absolute atomic E-state index is 14.9. The Balaban J connectivity index is 0.934. The Labute approximate surface area is 554 Å². The minimum atomic E-state index is -1.65. The summed E-state index contributed by atoms with van der Waals surface area (Å²) in [6.45, 7) is -1.22. The van der Waals surface area contributed by atoms with Crippen LogP contribution >= 0.6 is 11.8 Å². The van der Waals surface area contributed by atoms with E-state index in [1.807, 2.05) is 140 Å². The van der Waals surface area contributed by atoms with E-state index in [1.165, 1.54) is 18.9 Å². The molecule has 0 bridgehead atoms. The molecular weight excluding hydrogens is 1230 g/mol. The summed E-state index contributed by atoms with van der Waals surface area (Å²) in [5.74, 6) is -3.28. The van der Waals surface area contributed by atoms with Gasteiger partial charge in [0.25, 0.3) is 0 Å². The number of methoxy groups -OCH3 is 1. The van der Waals surface area contributed by atoms with Crippen LogP contribution in [0.1, 0.15) is 75.7 Å². The molecule has 9 aromatic rings. The lowest BCUT2D eigenvalue weighted by atomic mass is 9.96. The first-order valence-electron chi connectivity index (χ1n) is 31.2. The number of thioether (sulfide) groups is 1. The molecule has 0 saturated carbocycles. The number of esters is 4. The first-order valence-corrected chi connectivity index (χ1v) is 32.1. The first kappa shape index (κ1) is 65.3. The summed E-state index contributed by atoms with van der Waals surface area (Å²) in [6, 6.07) is 77.3. The van der Waals surface area contributed by atoms with Crippen LogP contribution < -0.4 is 0 Å². The summed E-state index contributed by atoms with van der Waals surface area (Å²) in [5.41, 5.74) is 6.18. The van der Waals surface area contributed by atoms with Crippen LogP contribution in [-0.4, -0.2) is 124 Å². The van der Waals surface area contributed by atoms with E-state index >= 15 is 0 Å². The van der Waals surface area contributed by atoms with Crippen molar-refractivity contribution in [2.45, 2.75) is 84.9 Å². The number of fused-ring (bicyclic) bond motifs is 3. The molecule has 3 aliphatic rings. The third kappa shape index (κ3) is 16.3. The van der Waals surface area contributed by atoms with Crippen molar-refractivity contribution in [1.82, 2.24) is 0 Å². The Bertz CT molecular complexity index is 3920. The van der Waals surface area contributed by atoms with E-state index in [4.69, 9.17) is 56.8 Å². The van der Waals surface area contributed by atoms with Gasteiger partial charge in [-0.25, -0.2) is 24.0 Å². The van der Waals surface area contributed by atoms with Crippen molar-refractivity contribution in [2.75, 3.05) is 32.7 Å². The molecule has 2 saturated heterocycles. The van der Waals surface area contributed by atoms with Crippen molar-refractivity contribution in [3.05, 3.63) is 305 Å². The molecule has 18 heteroatoms. The average Bonchev–Trinajstić information content (AvgIpc) is 1.76. The molecule has 2 heterocycles. The zero-order chi connectivity index (χ0) is 65.3. The summed E-state index contributed by atoms with van der Waals surface area (Å²) in [4.78, 5) is 73.1. The minimum absolute atomic E-state index is 0.0399. The molecule has 0 N–H and O–H groups in total. The zero-order valence-electron chi connectivity index (χ0n) is 51.6. The van der Waals surface area contributed by atoms with Gasteiger partial charge in [-0.3, -0.25) is 0 Å². The topological polar surface area (TPSA) is 196 Å². The fraction of sp³-hybridized carbons (Fsp3) is 0.234. The minimum Gasteiger partial charge on any atom is -0.453 e. The van der Waals surface area contributed by atoms with Crippen LogP contribution in [0.5, 0.6) is 0 Å². The molecule has 2 fully saturated rings. The van der Waals surface area contributed by atoms with Gasteiger partial charge in [0.1, 0.15) is 37.6 Å². The van der Waals surface area contributed by atoms with E-state index in [2.05, 4.69) is 0 Å². The lowest BCUT2D eigenvalue weighted by Crippen LogP contribution is -2.65. The highest BCUT2D eigenvalue weighted by atomic mass is 32.2. The molecular formula is C77H68O17S. The fourth-order valence-electron chi connectivity index (χ4n) is 11.8. The number of rotatable bonds is 25. The van der Waals surface area contributed by atoms with Crippen molar-refractivity contribution in [3.63, 3.8) is 0 Å². The van der Waals surface area contributed by atoms with Crippen molar-refractivity contribution < 1.29 is 80.8 Å². The van der Waals surface area contributed by atoms with Crippen LogP contribution in [0.2, 0.25) is 0 Å². The maximum Gasteiger partial charge on any atom is 0.508 e. The van der Waals surface area contributed by atoms with Gasteiger partial charge < -0.3 is 56.8 Å². The standard InChI is InChI=1S/C77H68O17S/c1-83-75-69(94-74(81)55-37-19-7-20-38-55)68(93-73(80)54-35-17-6-18-36-54)66(91-71(78)52-31-13-4-14-32-52)63(89-75)47-85-76-70(88-64(51-29-11-3-12-30-51)49-95-56-39-21-8-22-40-56)67(92-72(79)53-33-15-5-16-34-53)65(84-45-50-27-9-2-10-28-50)62(90-76)48-87-77(82)86-46-61-59-43-25-23-41-57(59)58-42-24-26-44-60(58)61/h2-44,61-70,75-76H,45-49H2,1H3/t62-,63-,64-,65-,66-,67+,68+,69-,70-,75+,76+/m1/s1. The van der Waals surface area contributed by atoms with Gasteiger partial charge in [-0.05, 0) is 94.0 Å². The first-order chi connectivity index (χ1) is 46.6. The van der Waals surface area contributed by atoms with Gasteiger partial charge in [-0.2, -0.15) is 0 Å². The van der Waals surface area contributed by atoms with Crippen LogP contribution in [0.15, 0.2) is 266 Å². The zero-order valence-corrected chi connectivity index (χ0v) is 52.5. The summed E-state index contributed by atoms with van der Waals surface area (Å²) < 4.78 is 78.8. The third-order valence-corrected chi connectivity index (χ3v) is 17.5. The van der Waals surface area contributed by atoms with Crippen LogP contribution in [0.25, 0.3) is 11.1 Å². The second kappa shape index (κ2) is 31.9. The monoisotopic (exact) mass is 1300 g/mol. The fourth-order valence-corrected chi connectivity index (χ4v) is 12.8. The normalized spacial score (nSPS) is 21.6. The molecule has 0 radical (unpaired) electrons. The van der Waals surface area contributed by atoms with Crippen molar-refractivity contribution in [2.24, 2.45) is 0 Å². The summed E-state index contributed by atoms with van der Waals surface area (Å²) >= 11 is 1.52. The van der Waals surface area contributed by atoms with Gasteiger partial charge in [-0.1, -0.05) is 200 Å². The predicted molar refractivity (Wildman–Crippen MR) is 350 cm³/mol. The molecule has 9 aromatic carbocycles. The van der Waals surface area contributed by atoms with Gasteiger partial charge in [-0.15, -0.1) is 11.8 Å². The second-order valence-electron chi connectivity index (χ2n) is 22.6. The average molecular weight is 1300 g/mol. The Morgan fingerprint density at radius 1 is 0.400 bits per heavy atom. The molecule has 11 atom stereocenters. The summed E-state index contributed by atoms with van der Waals surface area (Å²) in [7, 11) is 1.31. The summed E-state index contributed by atoms with van der Waals surface area (Å²) in [6.07, 6.45) is -16.7. The van der Waals surface area contributed by atoms with Crippen LogP contribution in [0.4, 0.5) is 4.79 Å². The van der Waals surface area contributed by atoms with E-state index in [-0.39, 0.29) is 41.4 Å². The Morgan fingerprint density at radius 3 is 1.33 bits per heavy atom. The molecule has 17 nitrogen and oxygen atoms in total. The third-order valence-electron chi connectivity index (χ3n) is 16.5. The van der Waals surface area contributed by atoms with Crippen LogP contribution in [0.3, 0.4) is 0 Å². The lowest BCUT2D eigenvalue weighted by molar-refractivity contribution is -0.339. The smallest absolute Gasteiger partial charge is 0.453 e. The van der Waals surface area contributed by atoms with Gasteiger partial charge in [0.15, 0.2) is 37.0 Å². The highest BCUT2D eigenvalue weighted by Gasteiger charge is 2.56. The number of carbonyl (C=O) groups is 5.